The first-order valence-electron chi connectivity index (χ1n) is 9.20. The smallest absolute Gasteiger partial charge is 0.325 e. The number of carbonyl (C=O) groups excluding carboxylic acids is 4. The molecule has 158 valence electrons. The summed E-state index contributed by atoms with van der Waals surface area (Å²) in [6.07, 6.45) is 0. The van der Waals surface area contributed by atoms with E-state index < -0.39 is 30.2 Å². The SMILES string of the molecule is COC(=O)Cn1c(=NC(=O)CN2C(=O)c3ccccc3C2=O)sc2ccc(Cl)c(C)c21. The highest BCUT2D eigenvalue weighted by Gasteiger charge is 2.36. The fourth-order valence-electron chi connectivity index (χ4n) is 3.40. The van der Waals surface area contributed by atoms with Gasteiger partial charge >= 0.3 is 5.97 Å². The number of ether oxygens (including phenoxy) is 1. The Morgan fingerprint density at radius 2 is 1.71 bits per heavy atom. The van der Waals surface area contributed by atoms with E-state index in [4.69, 9.17) is 16.3 Å². The number of aryl methyl sites for hydroxylation is 1. The summed E-state index contributed by atoms with van der Waals surface area (Å²) in [7, 11) is 1.27. The third kappa shape index (κ3) is 3.66. The van der Waals surface area contributed by atoms with Crippen LogP contribution in [-0.2, 0) is 20.9 Å². The number of nitrogens with zero attached hydrogens (tertiary/aromatic N) is 3. The molecule has 0 radical (unpaired) electrons. The van der Waals surface area contributed by atoms with E-state index in [1.165, 1.54) is 18.4 Å². The fourth-order valence-corrected chi connectivity index (χ4v) is 4.66. The summed E-state index contributed by atoms with van der Waals surface area (Å²) in [4.78, 5) is 54.9. The molecule has 3 amide bonds. The maximum absolute atomic E-state index is 12.7. The number of hydrogen-bond acceptors (Lipinski definition) is 6. The number of amides is 3. The van der Waals surface area contributed by atoms with E-state index in [2.05, 4.69) is 4.99 Å². The molecule has 31 heavy (non-hydrogen) atoms. The Morgan fingerprint density at radius 1 is 1.06 bits per heavy atom. The third-order valence-electron chi connectivity index (χ3n) is 4.94. The Kier molecular flexibility index (Phi) is 5.47. The number of halogens is 1. The van der Waals surface area contributed by atoms with Crippen molar-refractivity contribution < 1.29 is 23.9 Å². The number of aromatic nitrogens is 1. The lowest BCUT2D eigenvalue weighted by atomic mass is 10.1. The maximum atomic E-state index is 12.7. The monoisotopic (exact) mass is 457 g/mol. The van der Waals surface area contributed by atoms with E-state index >= 15 is 0 Å². The van der Waals surface area contributed by atoms with Gasteiger partial charge in [0.05, 0.1) is 28.5 Å². The van der Waals surface area contributed by atoms with Crippen molar-refractivity contribution in [1.29, 1.82) is 0 Å². The molecule has 0 aliphatic carbocycles. The van der Waals surface area contributed by atoms with E-state index in [0.717, 1.165) is 15.2 Å². The summed E-state index contributed by atoms with van der Waals surface area (Å²) in [6, 6.07) is 9.89. The summed E-state index contributed by atoms with van der Waals surface area (Å²) < 4.78 is 7.09. The highest BCUT2D eigenvalue weighted by molar-refractivity contribution is 7.16. The van der Waals surface area contributed by atoms with Gasteiger partial charge in [-0.15, -0.1) is 0 Å². The van der Waals surface area contributed by atoms with Crippen molar-refractivity contribution in [3.63, 3.8) is 0 Å². The number of carbonyl (C=O) groups is 4. The Morgan fingerprint density at radius 3 is 2.32 bits per heavy atom. The molecule has 0 bridgehead atoms. The Balaban J connectivity index is 1.72. The van der Waals surface area contributed by atoms with Crippen LogP contribution in [0.25, 0.3) is 10.2 Å². The second-order valence-electron chi connectivity index (χ2n) is 6.81. The third-order valence-corrected chi connectivity index (χ3v) is 6.39. The van der Waals surface area contributed by atoms with Crippen LogP contribution in [0, 0.1) is 6.92 Å². The number of fused-ring (bicyclic) bond motifs is 2. The molecule has 10 heteroatoms. The van der Waals surface area contributed by atoms with Crippen molar-refractivity contribution >= 4 is 56.8 Å². The van der Waals surface area contributed by atoms with Gasteiger partial charge in [0.25, 0.3) is 17.7 Å². The topological polar surface area (TPSA) is 98.0 Å². The van der Waals surface area contributed by atoms with Crippen LogP contribution in [0.1, 0.15) is 26.3 Å². The second-order valence-corrected chi connectivity index (χ2v) is 8.23. The van der Waals surface area contributed by atoms with Crippen LogP contribution < -0.4 is 4.80 Å². The summed E-state index contributed by atoms with van der Waals surface area (Å²) in [5.41, 5.74) is 1.91. The van der Waals surface area contributed by atoms with Crippen LogP contribution in [0.15, 0.2) is 41.4 Å². The molecule has 1 aliphatic heterocycles. The van der Waals surface area contributed by atoms with Gasteiger partial charge in [-0.2, -0.15) is 4.99 Å². The molecule has 0 N–H and O–H groups in total. The zero-order valence-electron chi connectivity index (χ0n) is 16.5. The number of methoxy groups -OCH3 is 1. The molecule has 0 saturated carbocycles. The van der Waals surface area contributed by atoms with Crippen molar-refractivity contribution in [3.05, 3.63) is 62.9 Å². The minimum Gasteiger partial charge on any atom is -0.468 e. The van der Waals surface area contributed by atoms with Crippen molar-refractivity contribution in [2.45, 2.75) is 13.5 Å². The summed E-state index contributed by atoms with van der Waals surface area (Å²) in [6.45, 7) is 1.13. The van der Waals surface area contributed by atoms with Gasteiger partial charge in [-0.25, -0.2) is 0 Å². The molecule has 0 saturated heterocycles. The predicted octanol–water partition coefficient (Wildman–Crippen LogP) is 2.56. The molecule has 1 aromatic heterocycles. The van der Waals surface area contributed by atoms with Gasteiger partial charge in [-0.05, 0) is 36.8 Å². The quantitative estimate of drug-likeness (QED) is 0.443. The summed E-state index contributed by atoms with van der Waals surface area (Å²) in [5, 5.41) is 0.507. The van der Waals surface area contributed by atoms with Gasteiger partial charge in [0.2, 0.25) is 0 Å². The van der Waals surface area contributed by atoms with Crippen LogP contribution in [0.3, 0.4) is 0 Å². The van der Waals surface area contributed by atoms with E-state index in [0.29, 0.717) is 10.5 Å². The van der Waals surface area contributed by atoms with Crippen molar-refractivity contribution in [1.82, 2.24) is 9.47 Å². The first-order chi connectivity index (χ1) is 14.8. The molecule has 0 fully saturated rings. The van der Waals surface area contributed by atoms with Crippen molar-refractivity contribution in [2.75, 3.05) is 13.7 Å². The van der Waals surface area contributed by atoms with E-state index in [1.54, 1.807) is 47.9 Å². The van der Waals surface area contributed by atoms with Crippen molar-refractivity contribution in [3.8, 4) is 0 Å². The van der Waals surface area contributed by atoms with Gasteiger partial charge in [0.15, 0.2) is 4.80 Å². The lowest BCUT2D eigenvalue weighted by molar-refractivity contribution is -0.141. The number of thiazole rings is 1. The van der Waals surface area contributed by atoms with Gasteiger partial charge in [0.1, 0.15) is 13.1 Å². The molecule has 1 aliphatic rings. The Labute approximate surface area is 185 Å². The lowest BCUT2D eigenvalue weighted by Crippen LogP contribution is -2.35. The van der Waals surface area contributed by atoms with Crippen LogP contribution in [0.4, 0.5) is 0 Å². The zero-order valence-corrected chi connectivity index (χ0v) is 18.1. The first-order valence-corrected chi connectivity index (χ1v) is 10.4. The first kappa shape index (κ1) is 21.0. The number of imide groups is 1. The molecular weight excluding hydrogens is 442 g/mol. The minimum atomic E-state index is -0.691. The Bertz CT molecular complexity index is 1310. The van der Waals surface area contributed by atoms with Gasteiger partial charge in [-0.1, -0.05) is 35.1 Å². The fraction of sp³-hybridized carbons (Fsp3) is 0.190. The zero-order chi connectivity index (χ0) is 22.3. The minimum absolute atomic E-state index is 0.170. The normalized spacial score (nSPS) is 13.8. The van der Waals surface area contributed by atoms with E-state index in [1.807, 2.05) is 0 Å². The van der Waals surface area contributed by atoms with Gasteiger partial charge in [-0.3, -0.25) is 24.1 Å². The standard InChI is InChI=1S/C21H16ClN3O5S/c1-11-14(22)7-8-15-18(11)24(10-17(27)30-2)21(31-15)23-16(26)9-25-19(28)12-5-3-4-6-13(12)20(25)29/h3-8H,9-10H2,1-2H3. The molecule has 2 heterocycles. The molecule has 0 spiro atoms. The highest BCUT2D eigenvalue weighted by atomic mass is 35.5. The maximum Gasteiger partial charge on any atom is 0.325 e. The van der Waals surface area contributed by atoms with Crippen molar-refractivity contribution in [2.24, 2.45) is 4.99 Å². The largest absolute Gasteiger partial charge is 0.468 e. The number of esters is 1. The van der Waals surface area contributed by atoms with Gasteiger partial charge < -0.3 is 9.30 Å². The van der Waals surface area contributed by atoms with Crippen LogP contribution in [0.5, 0.6) is 0 Å². The number of benzene rings is 2. The van der Waals surface area contributed by atoms with E-state index in [-0.39, 0.29) is 22.5 Å². The number of hydrogen-bond donors (Lipinski definition) is 0. The molecular formula is C21H16ClN3O5S. The van der Waals surface area contributed by atoms with Crippen LogP contribution in [-0.4, -0.2) is 46.8 Å². The molecule has 3 aromatic rings. The summed E-state index contributed by atoms with van der Waals surface area (Å²) >= 11 is 7.43. The number of rotatable bonds is 4. The van der Waals surface area contributed by atoms with Gasteiger partial charge in [0, 0.05) is 5.02 Å². The molecule has 0 unspecified atom stereocenters. The van der Waals surface area contributed by atoms with Crippen LogP contribution in [0.2, 0.25) is 5.02 Å². The van der Waals surface area contributed by atoms with Crippen LogP contribution >= 0.6 is 22.9 Å². The predicted molar refractivity (Wildman–Crippen MR) is 114 cm³/mol. The second kappa shape index (κ2) is 8.09. The molecule has 2 aromatic carbocycles. The molecule has 8 nitrogen and oxygen atoms in total. The lowest BCUT2D eigenvalue weighted by Gasteiger charge is -2.10. The highest BCUT2D eigenvalue weighted by Crippen LogP contribution is 2.27. The molecule has 0 atom stereocenters. The molecule has 4 rings (SSSR count). The van der Waals surface area contributed by atoms with E-state index in [9.17, 15) is 19.2 Å². The average molecular weight is 458 g/mol. The average Bonchev–Trinajstić information content (AvgIpc) is 3.21. The summed E-state index contributed by atoms with van der Waals surface area (Å²) in [5.74, 6) is -2.28. The Hall–Kier alpha value is -3.30.